The van der Waals surface area contributed by atoms with E-state index in [2.05, 4.69) is 11.1 Å². The molecule has 3 aromatic rings. The summed E-state index contributed by atoms with van der Waals surface area (Å²) in [4.78, 5) is 33.8. The van der Waals surface area contributed by atoms with E-state index in [4.69, 9.17) is 4.74 Å². The Morgan fingerprint density at radius 1 is 1.08 bits per heavy atom. The highest BCUT2D eigenvalue weighted by Crippen LogP contribution is 2.39. The van der Waals surface area contributed by atoms with Crippen molar-refractivity contribution in [1.82, 2.24) is 14.8 Å². The molecule has 0 unspecified atom stereocenters. The molecule has 4 rings (SSSR count). The fraction of sp³-hybridized carbons (Fsp3) is 0.276. The lowest BCUT2D eigenvalue weighted by Gasteiger charge is -2.25. The first kappa shape index (κ1) is 25.1. The van der Waals surface area contributed by atoms with Gasteiger partial charge in [0, 0.05) is 24.5 Å². The molecule has 0 spiro atoms. The number of likely N-dealkylation sites (tertiary alicyclic amines) is 1. The minimum Gasteiger partial charge on any atom is -0.507 e. The maximum absolute atomic E-state index is 13.1. The summed E-state index contributed by atoms with van der Waals surface area (Å²) in [5, 5.41) is 11.2. The molecule has 1 aromatic heterocycles. The summed E-state index contributed by atoms with van der Waals surface area (Å²) < 4.78 is 5.88. The van der Waals surface area contributed by atoms with E-state index in [1.165, 1.54) is 4.90 Å². The first-order valence-electron chi connectivity index (χ1n) is 12.0. The Bertz CT molecular complexity index is 1250. The number of hydrogen-bond donors (Lipinski definition) is 1. The van der Waals surface area contributed by atoms with E-state index in [1.807, 2.05) is 50.2 Å². The third-order valence-electron chi connectivity index (χ3n) is 6.16. The number of aromatic nitrogens is 1. The molecular weight excluding hydrogens is 454 g/mol. The molecule has 0 aliphatic carbocycles. The molecule has 1 aliphatic rings. The maximum atomic E-state index is 13.1. The van der Waals surface area contributed by atoms with Crippen LogP contribution < -0.4 is 4.74 Å². The molecule has 186 valence electrons. The summed E-state index contributed by atoms with van der Waals surface area (Å²) >= 11 is 0. The van der Waals surface area contributed by atoms with Crippen LogP contribution in [0.3, 0.4) is 0 Å². The maximum Gasteiger partial charge on any atom is 0.295 e. The summed E-state index contributed by atoms with van der Waals surface area (Å²) in [6.07, 6.45) is 3.96. The minimum atomic E-state index is -0.696. The van der Waals surface area contributed by atoms with Crippen molar-refractivity contribution in [3.63, 3.8) is 0 Å². The van der Waals surface area contributed by atoms with E-state index in [-0.39, 0.29) is 11.3 Å². The molecule has 7 nitrogen and oxygen atoms in total. The van der Waals surface area contributed by atoms with Gasteiger partial charge in [-0.25, -0.2) is 0 Å². The van der Waals surface area contributed by atoms with Crippen LogP contribution in [0.15, 0.2) is 78.6 Å². The number of pyridine rings is 1. The Kier molecular flexibility index (Phi) is 7.80. The number of aryl methyl sites for hydroxylation is 1. The van der Waals surface area contributed by atoms with E-state index in [0.717, 1.165) is 17.7 Å². The highest BCUT2D eigenvalue weighted by atomic mass is 16.5. The Morgan fingerprint density at radius 3 is 2.53 bits per heavy atom. The zero-order valence-corrected chi connectivity index (χ0v) is 20.8. The molecule has 2 heterocycles. The molecule has 1 saturated heterocycles. The zero-order valence-electron chi connectivity index (χ0n) is 20.8. The van der Waals surface area contributed by atoms with Gasteiger partial charge < -0.3 is 19.6 Å². The van der Waals surface area contributed by atoms with Gasteiger partial charge in [-0.2, -0.15) is 0 Å². The van der Waals surface area contributed by atoms with Crippen molar-refractivity contribution in [2.24, 2.45) is 0 Å². The van der Waals surface area contributed by atoms with Gasteiger partial charge in [0.1, 0.15) is 18.1 Å². The van der Waals surface area contributed by atoms with Crippen LogP contribution in [0.2, 0.25) is 0 Å². The number of hydrogen-bond acceptors (Lipinski definition) is 6. The quantitative estimate of drug-likeness (QED) is 0.276. The van der Waals surface area contributed by atoms with Gasteiger partial charge in [0.2, 0.25) is 0 Å². The molecule has 1 fully saturated rings. The van der Waals surface area contributed by atoms with Gasteiger partial charge in [-0.15, -0.1) is 0 Å². The summed E-state index contributed by atoms with van der Waals surface area (Å²) in [5.74, 6) is -0.864. The van der Waals surface area contributed by atoms with Gasteiger partial charge in [0.05, 0.1) is 11.6 Å². The summed E-state index contributed by atoms with van der Waals surface area (Å²) in [5.41, 5.74) is 3.43. The molecule has 0 radical (unpaired) electrons. The number of ether oxygens (including phenoxy) is 1. The van der Waals surface area contributed by atoms with E-state index in [0.29, 0.717) is 36.4 Å². The number of benzene rings is 2. The molecule has 1 atom stereocenters. The van der Waals surface area contributed by atoms with Gasteiger partial charge in [0.15, 0.2) is 0 Å². The molecule has 1 amide bonds. The van der Waals surface area contributed by atoms with Gasteiger partial charge >= 0.3 is 0 Å². The lowest BCUT2D eigenvalue weighted by Crippen LogP contribution is -2.32. The summed E-state index contributed by atoms with van der Waals surface area (Å²) in [6.45, 7) is 3.62. The standard InChI is InChI=1S/C29H31N3O4/c1-20-7-4-8-21(17-20)19-36-24-12-10-22(11-13-24)27(33)25-26(23-9-5-14-30-18-23)32(29(35)28(25)34)16-6-15-31(2)3/h4-5,7-14,17-18,26,33H,6,15-16,19H2,1-3H3/b27-25+/t26-/m1/s1. The van der Waals surface area contributed by atoms with Crippen molar-refractivity contribution >= 4 is 17.4 Å². The van der Waals surface area contributed by atoms with Crippen LogP contribution in [0.1, 0.15) is 34.7 Å². The normalized spacial score (nSPS) is 17.1. The van der Waals surface area contributed by atoms with Crippen molar-refractivity contribution < 1.29 is 19.4 Å². The monoisotopic (exact) mass is 485 g/mol. The lowest BCUT2D eigenvalue weighted by molar-refractivity contribution is -0.139. The largest absolute Gasteiger partial charge is 0.507 e. The van der Waals surface area contributed by atoms with Gasteiger partial charge in [-0.3, -0.25) is 14.6 Å². The average molecular weight is 486 g/mol. The van der Waals surface area contributed by atoms with Crippen molar-refractivity contribution in [3.05, 3.63) is 101 Å². The molecule has 1 N–H and O–H groups in total. The molecular formula is C29H31N3O4. The molecule has 36 heavy (non-hydrogen) atoms. The smallest absolute Gasteiger partial charge is 0.295 e. The Hall–Kier alpha value is -3.97. The molecule has 2 aromatic carbocycles. The zero-order chi connectivity index (χ0) is 25.7. The van der Waals surface area contributed by atoms with Gasteiger partial charge in [-0.1, -0.05) is 35.9 Å². The van der Waals surface area contributed by atoms with Crippen molar-refractivity contribution in [1.29, 1.82) is 0 Å². The number of nitrogens with zero attached hydrogens (tertiary/aromatic N) is 3. The van der Waals surface area contributed by atoms with Crippen LogP contribution in [0, 0.1) is 6.92 Å². The van der Waals surface area contributed by atoms with E-state index >= 15 is 0 Å². The van der Waals surface area contributed by atoms with Crippen LogP contribution in [0.25, 0.3) is 5.76 Å². The second-order valence-corrected chi connectivity index (χ2v) is 9.24. The number of amides is 1. The second kappa shape index (κ2) is 11.2. The van der Waals surface area contributed by atoms with E-state index < -0.39 is 17.7 Å². The van der Waals surface area contributed by atoms with Crippen LogP contribution in [0.4, 0.5) is 0 Å². The van der Waals surface area contributed by atoms with Crippen LogP contribution in [0.5, 0.6) is 5.75 Å². The first-order valence-corrected chi connectivity index (χ1v) is 12.0. The number of Topliss-reactive ketones (excluding diaryl/α,β-unsaturated/α-hetero) is 1. The van der Waals surface area contributed by atoms with Crippen LogP contribution in [-0.2, 0) is 16.2 Å². The average Bonchev–Trinajstić information content (AvgIpc) is 3.13. The Morgan fingerprint density at radius 2 is 1.86 bits per heavy atom. The van der Waals surface area contributed by atoms with E-state index in [1.54, 1.807) is 42.7 Å². The fourth-order valence-electron chi connectivity index (χ4n) is 4.39. The summed E-state index contributed by atoms with van der Waals surface area (Å²) in [7, 11) is 3.92. The number of carbonyl (C=O) groups is 2. The molecule has 7 heteroatoms. The highest BCUT2D eigenvalue weighted by molar-refractivity contribution is 6.46. The Labute approximate surface area is 211 Å². The minimum absolute atomic E-state index is 0.0753. The third-order valence-corrected chi connectivity index (χ3v) is 6.16. The molecule has 0 bridgehead atoms. The highest BCUT2D eigenvalue weighted by Gasteiger charge is 2.45. The predicted octanol–water partition coefficient (Wildman–Crippen LogP) is 4.34. The van der Waals surface area contributed by atoms with Crippen LogP contribution >= 0.6 is 0 Å². The van der Waals surface area contributed by atoms with E-state index in [9.17, 15) is 14.7 Å². The second-order valence-electron chi connectivity index (χ2n) is 9.24. The Balaban J connectivity index is 1.60. The van der Waals surface area contributed by atoms with Crippen molar-refractivity contribution in [2.75, 3.05) is 27.2 Å². The first-order chi connectivity index (χ1) is 17.3. The number of rotatable bonds is 9. The number of aliphatic hydroxyl groups excluding tert-OH is 1. The third kappa shape index (κ3) is 5.63. The fourth-order valence-corrected chi connectivity index (χ4v) is 4.39. The molecule has 1 aliphatic heterocycles. The van der Waals surface area contributed by atoms with Crippen molar-refractivity contribution in [2.45, 2.75) is 26.0 Å². The summed E-state index contributed by atoms with van der Waals surface area (Å²) in [6, 6.07) is 17.9. The van der Waals surface area contributed by atoms with Crippen molar-refractivity contribution in [3.8, 4) is 5.75 Å². The van der Waals surface area contributed by atoms with Gasteiger partial charge in [0.25, 0.3) is 11.7 Å². The number of ketones is 1. The lowest BCUT2D eigenvalue weighted by atomic mass is 9.96. The van der Waals surface area contributed by atoms with Crippen LogP contribution in [-0.4, -0.2) is 58.8 Å². The topological polar surface area (TPSA) is 83.0 Å². The SMILES string of the molecule is Cc1cccc(COc2ccc(/C(O)=C3\C(=O)C(=O)N(CCCN(C)C)[C@@H]3c3cccnc3)cc2)c1. The van der Waals surface area contributed by atoms with Gasteiger partial charge in [-0.05, 0) is 75.4 Å². The predicted molar refractivity (Wildman–Crippen MR) is 138 cm³/mol. The number of aliphatic hydroxyl groups is 1. The molecule has 0 saturated carbocycles. The number of carbonyl (C=O) groups excluding carboxylic acids is 2.